The minimum atomic E-state index is -1.82. The summed E-state index contributed by atoms with van der Waals surface area (Å²) in [6.45, 7) is 0. The van der Waals surface area contributed by atoms with Crippen molar-refractivity contribution in [1.29, 1.82) is 0 Å². The summed E-state index contributed by atoms with van der Waals surface area (Å²) in [5.74, 6) is -2.73. The molecule has 0 aliphatic heterocycles. The SMILES string of the molecule is N[C@]1(C(=O)O)[C@H](O)[C@H]2C[C@@H]1[C@@H](O)[C@@H]2O. The van der Waals surface area contributed by atoms with Gasteiger partial charge in [0, 0.05) is 11.8 Å². The monoisotopic (exact) mass is 203 g/mol. The fraction of sp³-hybridized carbons (Fsp3) is 0.875. The third kappa shape index (κ3) is 0.864. The van der Waals surface area contributed by atoms with Crippen molar-refractivity contribution in [1.82, 2.24) is 0 Å². The summed E-state index contributed by atoms with van der Waals surface area (Å²) in [5, 5.41) is 37.4. The molecule has 2 saturated carbocycles. The Morgan fingerprint density at radius 2 is 1.86 bits per heavy atom. The fourth-order valence-corrected chi connectivity index (χ4v) is 2.72. The Morgan fingerprint density at radius 3 is 2.29 bits per heavy atom. The highest BCUT2D eigenvalue weighted by molar-refractivity contribution is 5.81. The molecule has 2 aliphatic rings. The Hall–Kier alpha value is -0.690. The number of aliphatic carboxylic acids is 1. The van der Waals surface area contributed by atoms with Crippen LogP contribution in [0.2, 0.25) is 0 Å². The van der Waals surface area contributed by atoms with Crippen LogP contribution in [0, 0.1) is 11.8 Å². The number of nitrogens with two attached hydrogens (primary N) is 1. The molecular weight excluding hydrogens is 190 g/mol. The van der Waals surface area contributed by atoms with Gasteiger partial charge >= 0.3 is 5.97 Å². The first kappa shape index (κ1) is 9.85. The van der Waals surface area contributed by atoms with Gasteiger partial charge in [-0.15, -0.1) is 0 Å². The topological polar surface area (TPSA) is 124 Å². The van der Waals surface area contributed by atoms with E-state index in [1.807, 2.05) is 0 Å². The van der Waals surface area contributed by atoms with Gasteiger partial charge in [-0.3, -0.25) is 4.79 Å². The Balaban J connectivity index is 2.37. The molecule has 2 aliphatic carbocycles. The van der Waals surface area contributed by atoms with Gasteiger partial charge in [-0.1, -0.05) is 0 Å². The summed E-state index contributed by atoms with van der Waals surface area (Å²) < 4.78 is 0. The van der Waals surface area contributed by atoms with Crippen molar-refractivity contribution < 1.29 is 25.2 Å². The maximum atomic E-state index is 10.9. The minimum Gasteiger partial charge on any atom is -0.480 e. The average Bonchev–Trinajstić information content (AvgIpc) is 2.54. The zero-order chi connectivity index (χ0) is 10.7. The van der Waals surface area contributed by atoms with Gasteiger partial charge in [0.15, 0.2) is 0 Å². The maximum absolute atomic E-state index is 10.9. The number of aliphatic hydroxyl groups excluding tert-OH is 3. The predicted octanol–water partition coefficient (Wildman–Crippen LogP) is -2.50. The zero-order valence-electron chi connectivity index (χ0n) is 7.37. The third-order valence-corrected chi connectivity index (χ3v) is 3.61. The van der Waals surface area contributed by atoms with Gasteiger partial charge in [-0.25, -0.2) is 0 Å². The number of carboxylic acid groups (broad SMARTS) is 1. The van der Waals surface area contributed by atoms with Crippen molar-refractivity contribution in [3.63, 3.8) is 0 Å². The van der Waals surface area contributed by atoms with Gasteiger partial charge in [0.2, 0.25) is 0 Å². The molecule has 6 heteroatoms. The van der Waals surface area contributed by atoms with Crippen LogP contribution in [0.4, 0.5) is 0 Å². The molecule has 2 rings (SSSR count). The van der Waals surface area contributed by atoms with E-state index in [2.05, 4.69) is 0 Å². The van der Waals surface area contributed by atoms with Crippen LogP contribution in [0.15, 0.2) is 0 Å². The van der Waals surface area contributed by atoms with Crippen molar-refractivity contribution in [3.8, 4) is 0 Å². The first-order valence-corrected chi connectivity index (χ1v) is 4.47. The number of fused-ring (bicyclic) bond motifs is 2. The molecule has 0 aromatic heterocycles. The standard InChI is InChI=1S/C8H13NO5/c9-8(7(13)14)3-1-2(6(8)12)4(10)5(3)11/h2-6,10-12H,1,9H2,(H,13,14)/t2-,3+,4+,5+,6+,8-/m0/s1. The Labute approximate surface area is 80.0 Å². The molecule has 0 radical (unpaired) electrons. The molecule has 6 nitrogen and oxygen atoms in total. The summed E-state index contributed by atoms with van der Waals surface area (Å²) in [5.41, 5.74) is 3.75. The molecular formula is C8H13NO5. The van der Waals surface area contributed by atoms with E-state index in [1.54, 1.807) is 0 Å². The van der Waals surface area contributed by atoms with Crippen molar-refractivity contribution >= 4 is 5.97 Å². The van der Waals surface area contributed by atoms with Gasteiger partial charge in [0.05, 0.1) is 18.3 Å². The van der Waals surface area contributed by atoms with Crippen LogP contribution in [0.3, 0.4) is 0 Å². The summed E-state index contributed by atoms with van der Waals surface area (Å²) in [7, 11) is 0. The van der Waals surface area contributed by atoms with Gasteiger partial charge < -0.3 is 26.2 Å². The highest BCUT2D eigenvalue weighted by Gasteiger charge is 2.67. The average molecular weight is 203 g/mol. The van der Waals surface area contributed by atoms with E-state index in [-0.39, 0.29) is 6.42 Å². The van der Waals surface area contributed by atoms with Crippen LogP contribution < -0.4 is 5.73 Å². The largest absolute Gasteiger partial charge is 0.480 e. The minimum absolute atomic E-state index is 0.256. The molecule has 0 amide bonds. The first-order chi connectivity index (χ1) is 6.40. The first-order valence-electron chi connectivity index (χ1n) is 4.47. The molecule has 0 aromatic carbocycles. The lowest BCUT2D eigenvalue weighted by atomic mass is 9.77. The molecule has 0 saturated heterocycles. The Morgan fingerprint density at radius 1 is 1.29 bits per heavy atom. The summed E-state index contributed by atoms with van der Waals surface area (Å²) >= 11 is 0. The van der Waals surface area contributed by atoms with E-state index in [0.29, 0.717) is 0 Å². The van der Waals surface area contributed by atoms with E-state index >= 15 is 0 Å². The second-order valence-electron chi connectivity index (χ2n) is 4.17. The molecule has 0 heterocycles. The van der Waals surface area contributed by atoms with Crippen LogP contribution in [0.5, 0.6) is 0 Å². The number of hydrogen-bond donors (Lipinski definition) is 5. The van der Waals surface area contributed by atoms with Gasteiger partial charge in [0.1, 0.15) is 5.54 Å². The molecule has 6 N–H and O–H groups in total. The lowest BCUT2D eigenvalue weighted by molar-refractivity contribution is -0.160. The Kier molecular flexibility index (Phi) is 1.87. The third-order valence-electron chi connectivity index (χ3n) is 3.61. The van der Waals surface area contributed by atoms with Crippen LogP contribution in [0.1, 0.15) is 6.42 Å². The molecule has 0 spiro atoms. The summed E-state index contributed by atoms with van der Waals surface area (Å²) in [4.78, 5) is 10.9. The normalized spacial score (nSPS) is 56.4. The lowest BCUT2D eigenvalue weighted by Crippen LogP contribution is -2.66. The van der Waals surface area contributed by atoms with Crippen molar-refractivity contribution in [2.24, 2.45) is 17.6 Å². The molecule has 2 bridgehead atoms. The van der Waals surface area contributed by atoms with E-state index in [9.17, 15) is 20.1 Å². The number of hydrogen-bond acceptors (Lipinski definition) is 5. The quantitative estimate of drug-likeness (QED) is 0.321. The highest BCUT2D eigenvalue weighted by Crippen LogP contribution is 2.49. The van der Waals surface area contributed by atoms with Gasteiger partial charge in [0.25, 0.3) is 0 Å². The van der Waals surface area contributed by atoms with Crippen LogP contribution in [-0.2, 0) is 4.79 Å². The highest BCUT2D eigenvalue weighted by atomic mass is 16.4. The van der Waals surface area contributed by atoms with Crippen molar-refractivity contribution in [2.45, 2.75) is 30.3 Å². The maximum Gasteiger partial charge on any atom is 0.326 e. The van der Waals surface area contributed by atoms with Gasteiger partial charge in [-0.05, 0) is 6.42 Å². The number of carbonyl (C=O) groups is 1. The Bertz CT molecular complexity index is 283. The lowest BCUT2D eigenvalue weighted by Gasteiger charge is -2.38. The second-order valence-corrected chi connectivity index (χ2v) is 4.17. The molecule has 14 heavy (non-hydrogen) atoms. The number of rotatable bonds is 1. The predicted molar refractivity (Wildman–Crippen MR) is 44.2 cm³/mol. The zero-order valence-corrected chi connectivity index (χ0v) is 7.37. The second kappa shape index (κ2) is 2.66. The van der Waals surface area contributed by atoms with Crippen LogP contribution in [0.25, 0.3) is 0 Å². The van der Waals surface area contributed by atoms with Crippen LogP contribution in [-0.4, -0.2) is 50.2 Å². The summed E-state index contributed by atoms with van der Waals surface area (Å²) in [6, 6.07) is 0. The molecule has 2 fully saturated rings. The number of carboxylic acids is 1. The van der Waals surface area contributed by atoms with Crippen molar-refractivity contribution in [3.05, 3.63) is 0 Å². The molecule has 0 aromatic rings. The van der Waals surface area contributed by atoms with Gasteiger partial charge in [-0.2, -0.15) is 0 Å². The van der Waals surface area contributed by atoms with Crippen LogP contribution >= 0.6 is 0 Å². The van der Waals surface area contributed by atoms with E-state index in [0.717, 1.165) is 0 Å². The molecule has 0 unspecified atom stereocenters. The molecule has 6 atom stereocenters. The van der Waals surface area contributed by atoms with E-state index in [4.69, 9.17) is 10.8 Å². The molecule has 80 valence electrons. The smallest absolute Gasteiger partial charge is 0.326 e. The van der Waals surface area contributed by atoms with E-state index in [1.165, 1.54) is 0 Å². The van der Waals surface area contributed by atoms with Crippen molar-refractivity contribution in [2.75, 3.05) is 0 Å². The fourth-order valence-electron chi connectivity index (χ4n) is 2.72. The van der Waals surface area contributed by atoms with E-state index < -0.39 is 41.7 Å². The summed E-state index contributed by atoms with van der Waals surface area (Å²) in [6.07, 6.45) is -3.24. The number of aliphatic hydroxyl groups is 3.